The van der Waals surface area contributed by atoms with Crippen LogP contribution in [0, 0.1) is 11.8 Å². The molecule has 1 rings (SSSR count). The second-order valence-electron chi connectivity index (χ2n) is 8.21. The molecule has 2 unspecified atom stereocenters. The number of hydrogen-bond acceptors (Lipinski definition) is 5. The molecule has 1 fully saturated rings. The first kappa shape index (κ1) is 24.4. The monoisotopic (exact) mass is 405 g/mol. The molecule has 28 heavy (non-hydrogen) atoms. The molecule has 0 radical (unpaired) electrons. The van der Waals surface area contributed by atoms with Crippen LogP contribution < -0.4 is 10.6 Å². The minimum Gasteiger partial charge on any atom is -0.386 e. The normalized spacial score (nSPS) is 17.3. The summed E-state index contributed by atoms with van der Waals surface area (Å²) < 4.78 is 0. The van der Waals surface area contributed by atoms with E-state index in [2.05, 4.69) is 55.7 Å². The first-order valence-corrected chi connectivity index (χ1v) is 11.3. The van der Waals surface area contributed by atoms with Crippen molar-refractivity contribution in [3.8, 4) is 0 Å². The van der Waals surface area contributed by atoms with Crippen molar-refractivity contribution < 1.29 is 4.79 Å². The van der Waals surface area contributed by atoms with Crippen LogP contribution in [-0.4, -0.2) is 47.9 Å². The Morgan fingerprint density at radius 3 is 2.39 bits per heavy atom. The van der Waals surface area contributed by atoms with Gasteiger partial charge in [0.1, 0.15) is 5.78 Å². The molecule has 0 aromatic rings. The topological polar surface area (TPSA) is 44.4 Å². The minimum atomic E-state index is 0.210. The second kappa shape index (κ2) is 12.1. The fourth-order valence-corrected chi connectivity index (χ4v) is 4.21. The van der Waals surface area contributed by atoms with E-state index in [1.807, 2.05) is 6.92 Å². The Balaban J connectivity index is 2.58. The zero-order valence-corrected chi connectivity index (χ0v) is 19.1. The lowest BCUT2D eigenvalue weighted by atomic mass is 9.92. The summed E-state index contributed by atoms with van der Waals surface area (Å²) in [6.07, 6.45) is 2.23. The quantitative estimate of drug-likeness (QED) is 0.421. The average Bonchev–Trinajstić information content (AvgIpc) is 3.09. The molecule has 0 amide bonds. The summed E-state index contributed by atoms with van der Waals surface area (Å²) in [5.41, 5.74) is 4.29. The number of ketones is 1. The lowest BCUT2D eigenvalue weighted by molar-refractivity contribution is -0.114. The molecule has 0 aromatic heterocycles. The predicted octanol–water partition coefficient (Wildman–Crippen LogP) is 4.34. The highest BCUT2D eigenvalue weighted by Gasteiger charge is 2.28. The molecule has 1 saturated heterocycles. The van der Waals surface area contributed by atoms with E-state index in [4.69, 9.17) is 0 Å². The SMILES string of the molecule is C=C(C)CNC(=C)C(CNC(=C)C1CCCN1C(=C)CSCC(C)=O)C(C)C. The van der Waals surface area contributed by atoms with Crippen molar-refractivity contribution in [3.63, 3.8) is 0 Å². The number of carbonyl (C=O) groups is 1. The molecule has 0 aromatic carbocycles. The van der Waals surface area contributed by atoms with Gasteiger partial charge in [-0.1, -0.05) is 45.7 Å². The third-order valence-electron chi connectivity index (χ3n) is 5.05. The first-order chi connectivity index (χ1) is 13.1. The Labute approximate surface area is 176 Å². The average molecular weight is 406 g/mol. The van der Waals surface area contributed by atoms with Crippen molar-refractivity contribution in [2.24, 2.45) is 11.8 Å². The fourth-order valence-electron chi connectivity index (χ4n) is 3.42. The molecule has 0 aliphatic carbocycles. The summed E-state index contributed by atoms with van der Waals surface area (Å²) >= 11 is 1.64. The molecule has 2 N–H and O–H groups in total. The lowest BCUT2D eigenvalue weighted by Gasteiger charge is -2.32. The molecule has 2 atom stereocenters. The molecule has 0 saturated carbocycles. The molecular formula is C23H39N3OS. The fraction of sp³-hybridized carbons (Fsp3) is 0.609. The van der Waals surface area contributed by atoms with E-state index < -0.39 is 0 Å². The van der Waals surface area contributed by atoms with Gasteiger partial charge in [0.05, 0.1) is 11.8 Å². The summed E-state index contributed by atoms with van der Waals surface area (Å²) in [7, 11) is 0. The van der Waals surface area contributed by atoms with Crippen LogP contribution >= 0.6 is 11.8 Å². The zero-order valence-electron chi connectivity index (χ0n) is 18.3. The Bertz CT molecular complexity index is 597. The van der Waals surface area contributed by atoms with Gasteiger partial charge in [0.2, 0.25) is 0 Å². The van der Waals surface area contributed by atoms with Crippen molar-refractivity contribution in [3.05, 3.63) is 49.0 Å². The van der Waals surface area contributed by atoms with Crippen molar-refractivity contribution >= 4 is 17.5 Å². The lowest BCUT2D eigenvalue weighted by Crippen LogP contribution is -2.39. The Kier molecular flexibility index (Phi) is 10.5. The van der Waals surface area contributed by atoms with Gasteiger partial charge in [0, 0.05) is 48.4 Å². The highest BCUT2D eigenvalue weighted by Crippen LogP contribution is 2.27. The standard InChI is InChI=1S/C23H39N3OS/c1-16(2)12-24-20(7)22(17(3)4)13-25-21(8)23-10-9-11-26(23)18(5)14-28-15-19(6)27/h17,22-25H,1,5,7-15H2,2-4,6H3. The summed E-state index contributed by atoms with van der Waals surface area (Å²) in [6, 6.07) is 0.273. The number of carbonyl (C=O) groups excluding carboxylic acids is 1. The van der Waals surface area contributed by atoms with Gasteiger partial charge in [-0.05, 0) is 32.6 Å². The van der Waals surface area contributed by atoms with E-state index in [1.165, 1.54) is 0 Å². The van der Waals surface area contributed by atoms with Gasteiger partial charge in [-0.25, -0.2) is 0 Å². The number of nitrogens with zero attached hydrogens (tertiary/aromatic N) is 1. The van der Waals surface area contributed by atoms with E-state index in [0.29, 0.717) is 17.6 Å². The van der Waals surface area contributed by atoms with Gasteiger partial charge in [0.25, 0.3) is 0 Å². The van der Waals surface area contributed by atoms with Crippen LogP contribution in [0.1, 0.15) is 40.5 Å². The third-order valence-corrected chi connectivity index (χ3v) is 6.20. The summed E-state index contributed by atoms with van der Waals surface area (Å²) in [6.45, 7) is 27.4. The molecule has 1 heterocycles. The van der Waals surface area contributed by atoms with E-state index >= 15 is 0 Å². The van der Waals surface area contributed by atoms with E-state index in [1.54, 1.807) is 18.7 Å². The summed E-state index contributed by atoms with van der Waals surface area (Å²) in [5, 5.41) is 6.97. The van der Waals surface area contributed by atoms with E-state index in [-0.39, 0.29) is 11.8 Å². The summed E-state index contributed by atoms with van der Waals surface area (Å²) in [4.78, 5) is 13.5. The number of hydrogen-bond donors (Lipinski definition) is 2. The van der Waals surface area contributed by atoms with Crippen molar-refractivity contribution in [1.29, 1.82) is 0 Å². The number of Topliss-reactive ketones (excluding diaryl/α,β-unsaturated/α-hetero) is 1. The molecule has 4 nitrogen and oxygen atoms in total. The molecule has 1 aliphatic heterocycles. The number of rotatable bonds is 14. The maximum absolute atomic E-state index is 11.2. The molecule has 5 heteroatoms. The van der Waals surface area contributed by atoms with Crippen LogP contribution in [0.25, 0.3) is 0 Å². The van der Waals surface area contributed by atoms with Crippen LogP contribution in [0.2, 0.25) is 0 Å². The molecular weight excluding hydrogens is 366 g/mol. The number of likely N-dealkylation sites (tertiary alicyclic amines) is 1. The van der Waals surface area contributed by atoms with Crippen molar-refractivity contribution in [2.45, 2.75) is 46.6 Å². The van der Waals surface area contributed by atoms with Gasteiger partial charge >= 0.3 is 0 Å². The molecule has 158 valence electrons. The highest BCUT2D eigenvalue weighted by molar-refractivity contribution is 8.00. The first-order valence-electron chi connectivity index (χ1n) is 10.1. The molecule has 1 aliphatic rings. The van der Waals surface area contributed by atoms with Gasteiger partial charge in [-0.3, -0.25) is 4.79 Å². The smallest absolute Gasteiger partial charge is 0.139 e. The Morgan fingerprint density at radius 1 is 1.14 bits per heavy atom. The maximum atomic E-state index is 11.2. The maximum Gasteiger partial charge on any atom is 0.139 e. The highest BCUT2D eigenvalue weighted by atomic mass is 32.2. The van der Waals surface area contributed by atoms with Crippen LogP contribution in [0.4, 0.5) is 0 Å². The van der Waals surface area contributed by atoms with Gasteiger partial charge in [-0.2, -0.15) is 0 Å². The number of nitrogens with one attached hydrogen (secondary N) is 2. The Hall–Kier alpha value is -1.62. The van der Waals surface area contributed by atoms with Crippen LogP contribution in [-0.2, 0) is 4.79 Å². The van der Waals surface area contributed by atoms with Crippen LogP contribution in [0.5, 0.6) is 0 Å². The van der Waals surface area contributed by atoms with Crippen molar-refractivity contribution in [1.82, 2.24) is 15.5 Å². The predicted molar refractivity (Wildman–Crippen MR) is 124 cm³/mol. The third kappa shape index (κ3) is 8.17. The number of thioether (sulfide) groups is 1. The zero-order chi connectivity index (χ0) is 21.3. The molecule has 0 bridgehead atoms. The van der Waals surface area contributed by atoms with Gasteiger partial charge in [0.15, 0.2) is 0 Å². The van der Waals surface area contributed by atoms with Crippen LogP contribution in [0.3, 0.4) is 0 Å². The van der Waals surface area contributed by atoms with Crippen molar-refractivity contribution in [2.75, 3.05) is 31.1 Å². The van der Waals surface area contributed by atoms with Gasteiger partial charge in [-0.15, -0.1) is 11.8 Å². The van der Waals surface area contributed by atoms with E-state index in [0.717, 1.165) is 60.9 Å². The van der Waals surface area contributed by atoms with Crippen LogP contribution in [0.15, 0.2) is 49.0 Å². The molecule has 0 spiro atoms. The summed E-state index contributed by atoms with van der Waals surface area (Å²) in [5.74, 6) is 2.34. The largest absolute Gasteiger partial charge is 0.386 e. The Morgan fingerprint density at radius 2 is 1.82 bits per heavy atom. The van der Waals surface area contributed by atoms with Gasteiger partial charge < -0.3 is 15.5 Å². The minimum absolute atomic E-state index is 0.210. The second-order valence-corrected chi connectivity index (χ2v) is 9.19. The van der Waals surface area contributed by atoms with E-state index in [9.17, 15) is 4.79 Å².